The molecule has 2 aromatic carbocycles. The number of anilines is 5. The van der Waals surface area contributed by atoms with Crippen molar-refractivity contribution in [3.8, 4) is 0 Å². The van der Waals surface area contributed by atoms with Crippen molar-refractivity contribution in [3.05, 3.63) is 60.7 Å². The van der Waals surface area contributed by atoms with Crippen LogP contribution in [0.2, 0.25) is 0 Å². The molecule has 1 aliphatic rings. The van der Waals surface area contributed by atoms with Crippen molar-refractivity contribution in [2.45, 2.75) is 4.90 Å². The molecule has 0 atom stereocenters. The van der Waals surface area contributed by atoms with Crippen LogP contribution in [0.1, 0.15) is 5.56 Å². The molecule has 11 heteroatoms. The number of ether oxygens (including phenoxy) is 1. The van der Waals surface area contributed by atoms with Gasteiger partial charge in [0.15, 0.2) is 0 Å². The van der Waals surface area contributed by atoms with Gasteiger partial charge in [0.1, 0.15) is 4.90 Å². The van der Waals surface area contributed by atoms with E-state index in [-0.39, 0.29) is 16.4 Å². The van der Waals surface area contributed by atoms with Crippen molar-refractivity contribution in [3.63, 3.8) is 0 Å². The molecule has 0 radical (unpaired) electrons. The van der Waals surface area contributed by atoms with Gasteiger partial charge in [0.2, 0.25) is 17.8 Å². The average Bonchev–Trinajstić information content (AvgIpc) is 2.79. The molecule has 2 heterocycles. The van der Waals surface area contributed by atoms with E-state index in [1.807, 2.05) is 35.2 Å². The normalized spacial score (nSPS) is 14.1. The maximum absolute atomic E-state index is 11.7. The second-order valence-corrected chi connectivity index (χ2v) is 8.32. The highest BCUT2D eigenvalue weighted by atomic mass is 32.2. The Morgan fingerprint density at radius 2 is 1.62 bits per heavy atom. The van der Waals surface area contributed by atoms with Crippen LogP contribution in [0.5, 0.6) is 0 Å². The molecule has 1 saturated heterocycles. The van der Waals surface area contributed by atoms with Crippen LogP contribution in [0.3, 0.4) is 0 Å². The van der Waals surface area contributed by atoms with Crippen LogP contribution in [0.4, 0.5) is 29.2 Å². The second-order valence-electron chi connectivity index (χ2n) is 6.93. The van der Waals surface area contributed by atoms with Crippen LogP contribution in [0.15, 0.2) is 60.0 Å². The van der Waals surface area contributed by atoms with E-state index in [1.165, 1.54) is 18.2 Å². The zero-order chi connectivity index (χ0) is 22.6. The molecule has 0 amide bonds. The molecular formula is C21H22N6O4S. The Kier molecular flexibility index (Phi) is 6.30. The predicted molar refractivity (Wildman–Crippen MR) is 122 cm³/mol. The third-order valence-electron chi connectivity index (χ3n) is 4.71. The molecule has 32 heavy (non-hydrogen) atoms. The first-order chi connectivity index (χ1) is 15.4. The van der Waals surface area contributed by atoms with E-state index >= 15 is 0 Å². The summed E-state index contributed by atoms with van der Waals surface area (Å²) in [6, 6.07) is 13.9. The van der Waals surface area contributed by atoms with Crippen LogP contribution < -0.4 is 15.5 Å². The summed E-state index contributed by atoms with van der Waals surface area (Å²) in [5.41, 5.74) is 1.48. The van der Waals surface area contributed by atoms with Crippen molar-refractivity contribution in [2.24, 2.45) is 0 Å². The maximum Gasteiger partial charge on any atom is 0.295 e. The molecule has 0 unspecified atom stereocenters. The number of morpholine rings is 1. The topological polar surface area (TPSA) is 130 Å². The van der Waals surface area contributed by atoms with Gasteiger partial charge in [-0.15, -0.1) is 0 Å². The Labute approximate surface area is 185 Å². The lowest BCUT2D eigenvalue weighted by atomic mass is 10.2. The van der Waals surface area contributed by atoms with Crippen LogP contribution in [-0.4, -0.2) is 54.2 Å². The standard InChI is InChI=1S/C21H22N6O4S/c1-2-15-8-9-17(14-18(15)32(28,29)30)23-20-24-19(22-16-6-4-3-5-7-16)25-21(26-20)27-10-12-31-13-11-27/h2-9,14H,1,10-13H2,(H,28,29,30)(H2,22,23,24,25,26). The summed E-state index contributed by atoms with van der Waals surface area (Å²) in [6.45, 7) is 5.98. The Morgan fingerprint density at radius 1 is 0.969 bits per heavy atom. The zero-order valence-corrected chi connectivity index (χ0v) is 17.9. The van der Waals surface area contributed by atoms with Crippen molar-refractivity contribution in [2.75, 3.05) is 41.8 Å². The third-order valence-corrected chi connectivity index (χ3v) is 5.62. The van der Waals surface area contributed by atoms with E-state index in [0.717, 1.165) is 5.69 Å². The summed E-state index contributed by atoms with van der Waals surface area (Å²) < 4.78 is 38.4. The summed E-state index contributed by atoms with van der Waals surface area (Å²) in [4.78, 5) is 15.2. The SMILES string of the molecule is C=Cc1ccc(Nc2nc(Nc3ccccc3)nc(N3CCOCC3)n2)cc1S(=O)(=O)O. The molecular weight excluding hydrogens is 432 g/mol. The molecule has 0 saturated carbocycles. The highest BCUT2D eigenvalue weighted by Crippen LogP contribution is 2.25. The number of rotatable bonds is 7. The summed E-state index contributed by atoms with van der Waals surface area (Å²) in [6.07, 6.45) is 1.36. The summed E-state index contributed by atoms with van der Waals surface area (Å²) in [5, 5.41) is 6.16. The molecule has 3 aromatic rings. The van der Waals surface area contributed by atoms with Crippen LogP contribution >= 0.6 is 0 Å². The van der Waals surface area contributed by atoms with E-state index in [2.05, 4.69) is 32.2 Å². The predicted octanol–water partition coefficient (Wildman–Crippen LogP) is 3.09. The lowest BCUT2D eigenvalue weighted by molar-refractivity contribution is 0.122. The number of benzene rings is 2. The van der Waals surface area contributed by atoms with Crippen LogP contribution in [0.25, 0.3) is 6.08 Å². The number of nitrogens with zero attached hydrogens (tertiary/aromatic N) is 4. The minimum Gasteiger partial charge on any atom is -0.378 e. The van der Waals surface area contributed by atoms with Crippen molar-refractivity contribution in [1.82, 2.24) is 15.0 Å². The molecule has 166 valence electrons. The minimum absolute atomic E-state index is 0.215. The van der Waals surface area contributed by atoms with Gasteiger partial charge in [0.05, 0.1) is 13.2 Å². The maximum atomic E-state index is 11.7. The lowest BCUT2D eigenvalue weighted by Crippen LogP contribution is -2.37. The molecule has 1 aliphatic heterocycles. The van der Waals surface area contributed by atoms with Gasteiger partial charge in [-0.25, -0.2) is 0 Å². The largest absolute Gasteiger partial charge is 0.378 e. The van der Waals surface area contributed by atoms with Gasteiger partial charge >= 0.3 is 0 Å². The lowest BCUT2D eigenvalue weighted by Gasteiger charge is -2.27. The van der Waals surface area contributed by atoms with Gasteiger partial charge in [-0.2, -0.15) is 23.4 Å². The number of nitrogens with one attached hydrogen (secondary N) is 2. The van der Waals surface area contributed by atoms with Gasteiger partial charge in [-0.3, -0.25) is 4.55 Å². The van der Waals surface area contributed by atoms with E-state index < -0.39 is 10.1 Å². The fourth-order valence-corrected chi connectivity index (χ4v) is 3.89. The van der Waals surface area contributed by atoms with Gasteiger partial charge in [-0.05, 0) is 29.8 Å². The Morgan fingerprint density at radius 3 is 2.25 bits per heavy atom. The van der Waals surface area contributed by atoms with Gasteiger partial charge in [0, 0.05) is 24.5 Å². The third kappa shape index (κ3) is 5.19. The van der Waals surface area contributed by atoms with E-state index in [0.29, 0.717) is 43.9 Å². The summed E-state index contributed by atoms with van der Waals surface area (Å²) in [7, 11) is -4.43. The molecule has 10 nitrogen and oxygen atoms in total. The van der Waals surface area contributed by atoms with Gasteiger partial charge in [-0.1, -0.05) is 36.9 Å². The van der Waals surface area contributed by atoms with Crippen LogP contribution in [0, 0.1) is 0 Å². The molecule has 3 N–H and O–H groups in total. The molecule has 4 rings (SSSR count). The van der Waals surface area contributed by atoms with Gasteiger partial charge in [0.25, 0.3) is 10.1 Å². The molecule has 0 bridgehead atoms. The van der Waals surface area contributed by atoms with E-state index in [4.69, 9.17) is 4.74 Å². The first-order valence-corrected chi connectivity index (χ1v) is 11.3. The number of hydrogen-bond donors (Lipinski definition) is 3. The summed E-state index contributed by atoms with van der Waals surface area (Å²) >= 11 is 0. The quantitative estimate of drug-likeness (QED) is 0.458. The minimum atomic E-state index is -4.43. The monoisotopic (exact) mass is 454 g/mol. The van der Waals surface area contributed by atoms with E-state index in [1.54, 1.807) is 6.07 Å². The number of para-hydroxylation sites is 1. The van der Waals surface area contributed by atoms with E-state index in [9.17, 15) is 13.0 Å². The van der Waals surface area contributed by atoms with Crippen molar-refractivity contribution < 1.29 is 17.7 Å². The molecule has 0 spiro atoms. The number of aromatic nitrogens is 3. The Hall–Kier alpha value is -3.54. The first-order valence-electron chi connectivity index (χ1n) is 9.84. The average molecular weight is 455 g/mol. The Balaban J connectivity index is 1.69. The fraction of sp³-hybridized carbons (Fsp3) is 0.190. The molecule has 1 aromatic heterocycles. The molecule has 0 aliphatic carbocycles. The highest BCUT2D eigenvalue weighted by molar-refractivity contribution is 7.86. The number of hydrogen-bond acceptors (Lipinski definition) is 9. The second kappa shape index (κ2) is 9.30. The zero-order valence-electron chi connectivity index (χ0n) is 17.1. The van der Waals surface area contributed by atoms with Crippen molar-refractivity contribution >= 4 is 45.4 Å². The van der Waals surface area contributed by atoms with Gasteiger partial charge < -0.3 is 20.3 Å². The highest BCUT2D eigenvalue weighted by Gasteiger charge is 2.18. The van der Waals surface area contributed by atoms with Crippen LogP contribution in [-0.2, 0) is 14.9 Å². The first kappa shape index (κ1) is 21.7. The Bertz CT molecular complexity index is 1210. The molecule has 1 fully saturated rings. The summed E-state index contributed by atoms with van der Waals surface area (Å²) in [5.74, 6) is 1.00. The smallest absolute Gasteiger partial charge is 0.295 e. The van der Waals surface area contributed by atoms with Crippen molar-refractivity contribution in [1.29, 1.82) is 0 Å². The fourth-order valence-electron chi connectivity index (χ4n) is 3.17.